The Balaban J connectivity index is 2.35. The van der Waals surface area contributed by atoms with Crippen LogP contribution in [0.2, 0.25) is 10.0 Å². The number of nitrogens with one attached hydrogen (secondary N) is 1. The second-order valence-corrected chi connectivity index (χ2v) is 6.48. The third-order valence-electron chi connectivity index (χ3n) is 3.29. The molecule has 1 aromatic heterocycles. The minimum Gasteiger partial charge on any atom is -0.342 e. The van der Waals surface area contributed by atoms with Gasteiger partial charge < -0.3 is 9.88 Å². The molecule has 2 aromatic rings. The van der Waals surface area contributed by atoms with Gasteiger partial charge in [-0.25, -0.2) is 4.98 Å². The van der Waals surface area contributed by atoms with E-state index in [2.05, 4.69) is 10.3 Å². The molecule has 1 N–H and O–H groups in total. The van der Waals surface area contributed by atoms with Gasteiger partial charge in [-0.1, -0.05) is 43.1 Å². The number of aryl methyl sites for hydroxylation is 1. The van der Waals surface area contributed by atoms with Crippen LogP contribution in [-0.2, 0) is 11.8 Å². The van der Waals surface area contributed by atoms with E-state index in [4.69, 9.17) is 23.2 Å². The van der Waals surface area contributed by atoms with Crippen molar-refractivity contribution >= 4 is 29.1 Å². The SMILES string of the molecule is CC(C)CC(=O)NC(c1ccc(Cl)c(Cl)c1)c1nccn1C. The number of nitrogens with zero attached hydrogens (tertiary/aromatic N) is 2. The van der Waals surface area contributed by atoms with Crippen molar-refractivity contribution < 1.29 is 4.79 Å². The fourth-order valence-electron chi connectivity index (χ4n) is 2.23. The number of carbonyl (C=O) groups excluding carboxylic acids is 1. The number of halogens is 2. The summed E-state index contributed by atoms with van der Waals surface area (Å²) in [5.41, 5.74) is 0.848. The Bertz CT molecular complexity index is 667. The topological polar surface area (TPSA) is 46.9 Å². The zero-order valence-electron chi connectivity index (χ0n) is 12.8. The van der Waals surface area contributed by atoms with Crippen LogP contribution >= 0.6 is 23.2 Å². The zero-order valence-corrected chi connectivity index (χ0v) is 14.3. The van der Waals surface area contributed by atoms with Gasteiger partial charge in [0.1, 0.15) is 11.9 Å². The highest BCUT2D eigenvalue weighted by molar-refractivity contribution is 6.42. The molecule has 6 heteroatoms. The van der Waals surface area contributed by atoms with Gasteiger partial charge in [0.25, 0.3) is 0 Å². The molecular weight excluding hydrogens is 321 g/mol. The number of hydrogen-bond donors (Lipinski definition) is 1. The first-order valence-corrected chi connectivity index (χ1v) is 7.85. The van der Waals surface area contributed by atoms with Crippen LogP contribution in [0.25, 0.3) is 0 Å². The first kappa shape index (κ1) is 16.8. The highest BCUT2D eigenvalue weighted by Crippen LogP contribution is 2.28. The van der Waals surface area contributed by atoms with E-state index in [-0.39, 0.29) is 17.9 Å². The molecule has 1 aromatic carbocycles. The molecule has 1 heterocycles. The fourth-order valence-corrected chi connectivity index (χ4v) is 2.54. The van der Waals surface area contributed by atoms with E-state index < -0.39 is 0 Å². The third-order valence-corrected chi connectivity index (χ3v) is 4.03. The Morgan fingerprint density at radius 2 is 2.05 bits per heavy atom. The van der Waals surface area contributed by atoms with Crippen LogP contribution < -0.4 is 5.32 Å². The van der Waals surface area contributed by atoms with Crippen LogP contribution in [0.5, 0.6) is 0 Å². The number of carbonyl (C=O) groups is 1. The number of imidazole rings is 1. The van der Waals surface area contributed by atoms with E-state index >= 15 is 0 Å². The zero-order chi connectivity index (χ0) is 16.3. The van der Waals surface area contributed by atoms with Gasteiger partial charge in [-0.15, -0.1) is 0 Å². The van der Waals surface area contributed by atoms with Crippen LogP contribution in [-0.4, -0.2) is 15.5 Å². The molecule has 0 aliphatic rings. The van der Waals surface area contributed by atoms with Gasteiger partial charge in [0, 0.05) is 25.9 Å². The quantitative estimate of drug-likeness (QED) is 0.895. The molecule has 2 rings (SSSR count). The lowest BCUT2D eigenvalue weighted by Crippen LogP contribution is -2.31. The number of amides is 1. The van der Waals surface area contributed by atoms with E-state index in [1.165, 1.54) is 0 Å². The van der Waals surface area contributed by atoms with Gasteiger partial charge in [0.05, 0.1) is 10.0 Å². The average Bonchev–Trinajstić information content (AvgIpc) is 2.84. The Morgan fingerprint density at radius 1 is 1.32 bits per heavy atom. The predicted molar refractivity (Wildman–Crippen MR) is 89.1 cm³/mol. The van der Waals surface area contributed by atoms with Gasteiger partial charge in [0.2, 0.25) is 5.91 Å². The summed E-state index contributed by atoms with van der Waals surface area (Å²) in [6.45, 7) is 4.02. The largest absolute Gasteiger partial charge is 0.342 e. The lowest BCUT2D eigenvalue weighted by molar-refractivity contribution is -0.122. The summed E-state index contributed by atoms with van der Waals surface area (Å²) >= 11 is 12.1. The summed E-state index contributed by atoms with van der Waals surface area (Å²) in [6, 6.07) is 4.98. The first-order valence-electron chi connectivity index (χ1n) is 7.10. The molecule has 22 heavy (non-hydrogen) atoms. The van der Waals surface area contributed by atoms with Crippen molar-refractivity contribution in [2.24, 2.45) is 13.0 Å². The molecule has 4 nitrogen and oxygen atoms in total. The van der Waals surface area contributed by atoms with Gasteiger partial charge >= 0.3 is 0 Å². The minimum atomic E-state index is -0.360. The molecule has 0 saturated heterocycles. The molecule has 118 valence electrons. The number of rotatable bonds is 5. The van der Waals surface area contributed by atoms with Crippen LogP contribution in [0, 0.1) is 5.92 Å². The van der Waals surface area contributed by atoms with Crippen LogP contribution in [0.3, 0.4) is 0 Å². The van der Waals surface area contributed by atoms with Crippen molar-refractivity contribution in [2.45, 2.75) is 26.3 Å². The van der Waals surface area contributed by atoms with Crippen LogP contribution in [0.15, 0.2) is 30.6 Å². The maximum atomic E-state index is 12.2. The normalized spacial score (nSPS) is 12.5. The maximum Gasteiger partial charge on any atom is 0.221 e. The second kappa shape index (κ2) is 7.16. The Labute approximate surface area is 140 Å². The van der Waals surface area contributed by atoms with Gasteiger partial charge in [-0.2, -0.15) is 0 Å². The van der Waals surface area contributed by atoms with E-state index in [0.29, 0.717) is 16.5 Å². The molecule has 0 fully saturated rings. The van der Waals surface area contributed by atoms with Crippen molar-refractivity contribution in [3.8, 4) is 0 Å². The highest BCUT2D eigenvalue weighted by atomic mass is 35.5. The molecule has 0 spiro atoms. The van der Waals surface area contributed by atoms with Crippen molar-refractivity contribution in [1.82, 2.24) is 14.9 Å². The van der Waals surface area contributed by atoms with Gasteiger partial charge in [0.15, 0.2) is 0 Å². The molecule has 1 unspecified atom stereocenters. The molecule has 0 radical (unpaired) electrons. The van der Waals surface area contributed by atoms with Crippen LogP contribution in [0.1, 0.15) is 37.7 Å². The predicted octanol–water partition coefficient (Wildman–Crippen LogP) is 3.98. The van der Waals surface area contributed by atoms with Crippen LogP contribution in [0.4, 0.5) is 0 Å². The van der Waals surface area contributed by atoms with E-state index in [0.717, 1.165) is 11.4 Å². The molecule has 0 bridgehead atoms. The molecule has 0 aliphatic carbocycles. The van der Waals surface area contributed by atoms with Gasteiger partial charge in [-0.3, -0.25) is 4.79 Å². The summed E-state index contributed by atoms with van der Waals surface area (Å²) in [6.07, 6.45) is 4.01. The van der Waals surface area contributed by atoms with Crippen molar-refractivity contribution in [3.63, 3.8) is 0 Å². The average molecular weight is 340 g/mol. The van der Waals surface area contributed by atoms with E-state index in [1.807, 2.05) is 37.7 Å². The molecule has 0 saturated carbocycles. The van der Waals surface area contributed by atoms with E-state index in [9.17, 15) is 4.79 Å². The second-order valence-electron chi connectivity index (χ2n) is 5.67. The Morgan fingerprint density at radius 3 is 2.59 bits per heavy atom. The summed E-state index contributed by atoms with van der Waals surface area (Å²) in [7, 11) is 1.89. The first-order chi connectivity index (χ1) is 10.4. The molecule has 1 atom stereocenters. The third kappa shape index (κ3) is 4.02. The summed E-state index contributed by atoms with van der Waals surface area (Å²) in [4.78, 5) is 16.5. The fraction of sp³-hybridized carbons (Fsp3) is 0.375. The van der Waals surface area contributed by atoms with Crippen molar-refractivity contribution in [3.05, 3.63) is 52.0 Å². The summed E-state index contributed by atoms with van der Waals surface area (Å²) < 4.78 is 1.88. The molecule has 0 aliphatic heterocycles. The standard InChI is InChI=1S/C16H19Cl2N3O/c1-10(2)8-14(22)20-15(16-19-6-7-21(16)3)11-4-5-12(17)13(18)9-11/h4-7,9-10,15H,8H2,1-3H3,(H,20,22). The summed E-state index contributed by atoms with van der Waals surface area (Å²) in [5.74, 6) is 1.01. The maximum absolute atomic E-state index is 12.2. The Hall–Kier alpha value is -1.52. The lowest BCUT2D eigenvalue weighted by Gasteiger charge is -2.20. The smallest absolute Gasteiger partial charge is 0.221 e. The number of aromatic nitrogens is 2. The van der Waals surface area contributed by atoms with Crippen molar-refractivity contribution in [2.75, 3.05) is 0 Å². The van der Waals surface area contributed by atoms with Crippen molar-refractivity contribution in [1.29, 1.82) is 0 Å². The monoisotopic (exact) mass is 339 g/mol. The summed E-state index contributed by atoms with van der Waals surface area (Å²) in [5, 5.41) is 3.97. The molecular formula is C16H19Cl2N3O. The highest BCUT2D eigenvalue weighted by Gasteiger charge is 2.21. The van der Waals surface area contributed by atoms with Gasteiger partial charge in [-0.05, 0) is 23.6 Å². The lowest BCUT2D eigenvalue weighted by atomic mass is 10.0. The number of hydrogen-bond acceptors (Lipinski definition) is 2. The minimum absolute atomic E-state index is 0.0194. The molecule has 1 amide bonds. The Kier molecular flexibility index (Phi) is 5.48. The number of benzene rings is 1. The van der Waals surface area contributed by atoms with E-state index in [1.54, 1.807) is 18.3 Å².